The van der Waals surface area contributed by atoms with Crippen molar-refractivity contribution in [2.24, 2.45) is 0 Å². The zero-order valence-electron chi connectivity index (χ0n) is 22.8. The molecule has 2 aliphatic heterocycles. The average Bonchev–Trinajstić information content (AvgIpc) is 3.57. The lowest BCUT2D eigenvalue weighted by Gasteiger charge is -2.44. The van der Waals surface area contributed by atoms with Crippen molar-refractivity contribution in [2.75, 3.05) is 25.4 Å². The fourth-order valence-electron chi connectivity index (χ4n) is 6.82. The van der Waals surface area contributed by atoms with Crippen molar-refractivity contribution in [1.29, 1.82) is 0 Å². The molecule has 0 radical (unpaired) electrons. The zero-order valence-corrected chi connectivity index (χ0v) is 23.6. The number of fused-ring (bicyclic) bond motifs is 2. The van der Waals surface area contributed by atoms with Crippen molar-refractivity contribution < 1.29 is 0 Å². The molecular formula is C31H35ClN8. The summed E-state index contributed by atoms with van der Waals surface area (Å²) in [5.74, 6) is 0.475. The van der Waals surface area contributed by atoms with E-state index in [0.29, 0.717) is 17.9 Å². The molecule has 0 aliphatic carbocycles. The van der Waals surface area contributed by atoms with Crippen LogP contribution in [0.3, 0.4) is 0 Å². The molecule has 7 rings (SSSR count). The molecule has 5 heterocycles. The van der Waals surface area contributed by atoms with Gasteiger partial charge in [-0.25, -0.2) is 14.6 Å². The van der Waals surface area contributed by atoms with E-state index < -0.39 is 0 Å². The third kappa shape index (κ3) is 4.54. The Balaban J connectivity index is 1.21. The van der Waals surface area contributed by atoms with E-state index in [2.05, 4.69) is 72.9 Å². The maximum absolute atomic E-state index is 6.47. The van der Waals surface area contributed by atoms with E-state index in [1.165, 1.54) is 12.8 Å². The molecule has 3 N–H and O–H groups in total. The van der Waals surface area contributed by atoms with Gasteiger partial charge in [-0.15, -0.1) is 0 Å². The summed E-state index contributed by atoms with van der Waals surface area (Å²) in [5.41, 5.74) is 11.4. The van der Waals surface area contributed by atoms with Gasteiger partial charge in [0.2, 0.25) is 0 Å². The van der Waals surface area contributed by atoms with Crippen molar-refractivity contribution in [3.63, 3.8) is 0 Å². The molecular weight excluding hydrogens is 520 g/mol. The molecule has 2 saturated heterocycles. The second kappa shape index (κ2) is 10.5. The fourth-order valence-corrected chi connectivity index (χ4v) is 7.01. The van der Waals surface area contributed by atoms with Crippen LogP contribution in [0.2, 0.25) is 5.02 Å². The molecule has 2 aromatic carbocycles. The highest BCUT2D eigenvalue weighted by Gasteiger charge is 2.33. The molecule has 0 spiro atoms. The van der Waals surface area contributed by atoms with Gasteiger partial charge in [-0.2, -0.15) is 5.10 Å². The topological polar surface area (TPSA) is 89.8 Å². The Kier molecular flexibility index (Phi) is 6.70. The number of aromatic nitrogens is 5. The quantitative estimate of drug-likeness (QED) is 0.298. The van der Waals surface area contributed by atoms with Gasteiger partial charge in [0.25, 0.3) is 0 Å². The van der Waals surface area contributed by atoms with E-state index in [1.807, 2.05) is 18.2 Å². The van der Waals surface area contributed by atoms with Crippen LogP contribution in [-0.4, -0.2) is 60.9 Å². The maximum Gasteiger partial charge on any atom is 0.164 e. The van der Waals surface area contributed by atoms with Crippen molar-refractivity contribution in [3.05, 3.63) is 71.6 Å². The van der Waals surface area contributed by atoms with Gasteiger partial charge >= 0.3 is 0 Å². The van der Waals surface area contributed by atoms with Gasteiger partial charge in [-0.05, 0) is 75.5 Å². The van der Waals surface area contributed by atoms with E-state index in [4.69, 9.17) is 22.4 Å². The number of hydrogen-bond acceptors (Lipinski definition) is 6. The van der Waals surface area contributed by atoms with Gasteiger partial charge in [0.15, 0.2) is 5.65 Å². The van der Waals surface area contributed by atoms with Gasteiger partial charge in [0.05, 0.1) is 11.4 Å². The third-order valence-corrected chi connectivity index (χ3v) is 9.25. The fraction of sp³-hybridized carbons (Fsp3) is 0.387. The molecule has 0 amide bonds. The van der Waals surface area contributed by atoms with Gasteiger partial charge < -0.3 is 15.6 Å². The molecule has 2 aliphatic rings. The maximum atomic E-state index is 6.47. The summed E-state index contributed by atoms with van der Waals surface area (Å²) in [6.07, 6.45) is 8.24. The molecule has 40 heavy (non-hydrogen) atoms. The summed E-state index contributed by atoms with van der Waals surface area (Å²) in [7, 11) is 0. The molecule has 5 aromatic rings. The molecule has 0 bridgehead atoms. The number of nitrogens with two attached hydrogens (primary N) is 1. The Labute approximate surface area is 239 Å². The minimum absolute atomic E-state index is 0.277. The Bertz CT molecular complexity index is 1670. The Hall–Kier alpha value is -3.46. The van der Waals surface area contributed by atoms with Crippen LogP contribution in [0, 0.1) is 0 Å². The SMILES string of the molecule is C[C@@H]1CC(n2nc(-c3ccc4c(ccn4Cc4ccccc4Cl)c3)c3c(N)ncnc32)CCN1C1CCNCC1. The van der Waals surface area contributed by atoms with Crippen molar-refractivity contribution in [3.8, 4) is 11.3 Å². The number of piperidine rings is 2. The van der Waals surface area contributed by atoms with E-state index in [1.54, 1.807) is 6.33 Å². The van der Waals surface area contributed by atoms with Crippen LogP contribution in [0.25, 0.3) is 33.2 Å². The summed E-state index contributed by atoms with van der Waals surface area (Å²) in [6, 6.07) is 18.1. The molecule has 1 unspecified atom stereocenters. The van der Waals surface area contributed by atoms with Crippen molar-refractivity contribution in [2.45, 2.75) is 57.3 Å². The number of nitrogen functional groups attached to an aromatic ring is 1. The van der Waals surface area contributed by atoms with Crippen LogP contribution in [0.15, 0.2) is 61.1 Å². The van der Waals surface area contributed by atoms with Crippen LogP contribution in [0.4, 0.5) is 5.82 Å². The molecule has 206 valence electrons. The summed E-state index contributed by atoms with van der Waals surface area (Å²) in [6.45, 7) is 6.40. The number of anilines is 1. The van der Waals surface area contributed by atoms with Crippen molar-refractivity contribution >= 4 is 39.4 Å². The third-order valence-electron chi connectivity index (χ3n) is 8.88. The first-order chi connectivity index (χ1) is 19.6. The highest BCUT2D eigenvalue weighted by atomic mass is 35.5. The Morgan fingerprint density at radius 3 is 2.70 bits per heavy atom. The zero-order chi connectivity index (χ0) is 27.2. The predicted octanol–water partition coefficient (Wildman–Crippen LogP) is 5.51. The smallest absolute Gasteiger partial charge is 0.164 e. The Morgan fingerprint density at radius 2 is 1.88 bits per heavy atom. The standard InChI is InChI=1S/C31H35ClN8/c1-20-16-25(11-15-39(20)24-8-12-34-13-9-24)40-31-28(30(33)35-19-36-31)29(37-40)22-6-7-27-21(17-22)10-14-38(27)18-23-4-2-3-5-26(23)32/h2-7,10,14,17,19-20,24-25,34H,8-9,11-13,15-16,18H2,1H3,(H2,33,35,36)/t20-,25?/m1/s1. The molecule has 3 aromatic heterocycles. The van der Waals surface area contributed by atoms with E-state index in [9.17, 15) is 0 Å². The molecule has 2 atom stereocenters. The lowest BCUT2D eigenvalue weighted by Crippen LogP contribution is -2.50. The highest BCUT2D eigenvalue weighted by molar-refractivity contribution is 6.31. The second-order valence-corrected chi connectivity index (χ2v) is 11.7. The van der Waals surface area contributed by atoms with Gasteiger partial charge in [-0.1, -0.05) is 35.9 Å². The van der Waals surface area contributed by atoms with E-state index in [0.717, 1.165) is 82.8 Å². The second-order valence-electron chi connectivity index (χ2n) is 11.3. The van der Waals surface area contributed by atoms with Crippen molar-refractivity contribution in [1.82, 2.24) is 34.5 Å². The predicted molar refractivity (Wildman–Crippen MR) is 162 cm³/mol. The minimum atomic E-state index is 0.277. The number of likely N-dealkylation sites (tertiary alicyclic amines) is 1. The van der Waals surface area contributed by atoms with Crippen LogP contribution < -0.4 is 11.1 Å². The van der Waals surface area contributed by atoms with Gasteiger partial charge in [-0.3, -0.25) is 4.90 Å². The largest absolute Gasteiger partial charge is 0.383 e. The van der Waals surface area contributed by atoms with E-state index in [-0.39, 0.29) is 6.04 Å². The molecule has 2 fully saturated rings. The number of hydrogen-bond donors (Lipinski definition) is 2. The number of nitrogens with one attached hydrogen (secondary N) is 1. The monoisotopic (exact) mass is 554 g/mol. The molecule has 9 heteroatoms. The number of nitrogens with zero attached hydrogens (tertiary/aromatic N) is 6. The summed E-state index contributed by atoms with van der Waals surface area (Å²) in [5, 5.41) is 11.5. The van der Waals surface area contributed by atoms with Gasteiger partial charge in [0, 0.05) is 52.9 Å². The molecule has 8 nitrogen and oxygen atoms in total. The first-order valence-electron chi connectivity index (χ1n) is 14.3. The number of benzene rings is 2. The number of rotatable bonds is 5. The van der Waals surface area contributed by atoms with Crippen LogP contribution in [-0.2, 0) is 6.54 Å². The van der Waals surface area contributed by atoms with E-state index >= 15 is 0 Å². The Morgan fingerprint density at radius 1 is 1.02 bits per heavy atom. The number of halogens is 1. The van der Waals surface area contributed by atoms with Crippen LogP contribution in [0.5, 0.6) is 0 Å². The van der Waals surface area contributed by atoms with Crippen LogP contribution >= 0.6 is 11.6 Å². The lowest BCUT2D eigenvalue weighted by molar-refractivity contribution is 0.0627. The lowest BCUT2D eigenvalue weighted by atomic mass is 9.93. The van der Waals surface area contributed by atoms with Crippen LogP contribution in [0.1, 0.15) is 44.2 Å². The van der Waals surface area contributed by atoms with Gasteiger partial charge in [0.1, 0.15) is 17.8 Å². The average molecular weight is 555 g/mol. The first-order valence-corrected chi connectivity index (χ1v) is 14.7. The highest BCUT2D eigenvalue weighted by Crippen LogP contribution is 2.37. The summed E-state index contributed by atoms with van der Waals surface area (Å²) in [4.78, 5) is 11.8. The molecule has 0 saturated carbocycles. The minimum Gasteiger partial charge on any atom is -0.383 e. The summed E-state index contributed by atoms with van der Waals surface area (Å²) < 4.78 is 4.36. The normalized spacial score (nSPS) is 20.9. The first kappa shape index (κ1) is 25.5. The summed E-state index contributed by atoms with van der Waals surface area (Å²) >= 11 is 6.44.